The van der Waals surface area contributed by atoms with Crippen molar-refractivity contribution in [1.82, 2.24) is 35.4 Å². The van der Waals surface area contributed by atoms with Gasteiger partial charge in [0, 0.05) is 24.3 Å². The fourth-order valence-corrected chi connectivity index (χ4v) is 5.04. The van der Waals surface area contributed by atoms with E-state index in [0.717, 1.165) is 24.3 Å². The molecule has 0 bridgehead atoms. The maximum absolute atomic E-state index is 13.1. The van der Waals surface area contributed by atoms with E-state index in [9.17, 15) is 18.0 Å². The van der Waals surface area contributed by atoms with Crippen LogP contribution >= 0.6 is 11.3 Å². The fourth-order valence-electron chi connectivity index (χ4n) is 4.00. The number of carbonyl (C=O) groups excluding carboxylic acids is 2. The standard InChI is InChI=1S/C23H32N10O8S2.C2H6.CH2O2/c1-23(2)18(20(35)33(23)41-43(36,37)38)30-19(34)17(15-13-42-21(25)28-15)31-40-11-10-39-14-4-5-16(27-12-14)29-22-26-7-9-32(22)8-3-6-24;1-2;2-1-3/h4-5,7,9,12-13,17-18,31H,3,6,8,10-11,24H2,1-2H3,(H2,25,28)(H,30,34)(H,26,27,29)(H,36,37,38);1-2H3;1H,(H,2,3). The number of amides is 2. The number of aromatic nitrogens is 4. The summed E-state index contributed by atoms with van der Waals surface area (Å²) in [5.41, 5.74) is 12.8. The van der Waals surface area contributed by atoms with Crippen LogP contribution in [0.4, 0.5) is 16.9 Å². The third kappa shape index (κ3) is 11.4. The largest absolute Gasteiger partial charge is 0.489 e. The maximum atomic E-state index is 13.1. The average Bonchev–Trinajstić information content (AvgIpc) is 3.69. The van der Waals surface area contributed by atoms with Crippen LogP contribution in [0.3, 0.4) is 0 Å². The number of ether oxygens (including phenoxy) is 1. The maximum Gasteiger partial charge on any atom is 0.418 e. The van der Waals surface area contributed by atoms with Gasteiger partial charge in [-0.3, -0.25) is 23.8 Å². The van der Waals surface area contributed by atoms with Crippen LogP contribution in [0.1, 0.15) is 45.9 Å². The summed E-state index contributed by atoms with van der Waals surface area (Å²) >= 11 is 1.10. The second-order valence-corrected chi connectivity index (χ2v) is 11.7. The minimum Gasteiger partial charge on any atom is -0.489 e. The average molecular weight is 717 g/mol. The molecule has 1 aliphatic heterocycles. The zero-order valence-electron chi connectivity index (χ0n) is 26.6. The summed E-state index contributed by atoms with van der Waals surface area (Å²) in [6.45, 7) is 8.04. The number of nitrogens with two attached hydrogens (primary N) is 2. The van der Waals surface area contributed by atoms with E-state index in [1.165, 1.54) is 20.0 Å². The fraction of sp³-hybridized carbons (Fsp3) is 0.462. The number of aryl methyl sites for hydroxylation is 1. The van der Waals surface area contributed by atoms with Crippen LogP contribution in [0, 0.1) is 0 Å². The monoisotopic (exact) mass is 716 g/mol. The molecule has 1 fully saturated rings. The number of pyridine rings is 1. The van der Waals surface area contributed by atoms with Gasteiger partial charge in [0.05, 0.1) is 17.4 Å². The number of anilines is 3. The third-order valence-electron chi connectivity index (χ3n) is 6.18. The van der Waals surface area contributed by atoms with Crippen LogP contribution in [-0.2, 0) is 40.4 Å². The molecule has 22 heteroatoms. The topological polar surface area (TPSA) is 288 Å². The molecule has 266 valence electrons. The number of nitrogens with one attached hydrogen (secondary N) is 3. The van der Waals surface area contributed by atoms with Gasteiger partial charge >= 0.3 is 10.4 Å². The highest BCUT2D eigenvalue weighted by Crippen LogP contribution is 2.33. The first-order valence-electron chi connectivity index (χ1n) is 14.3. The van der Waals surface area contributed by atoms with Gasteiger partial charge in [0.15, 0.2) is 11.2 Å². The zero-order valence-corrected chi connectivity index (χ0v) is 28.2. The lowest BCUT2D eigenvalue weighted by Gasteiger charge is -2.50. The van der Waals surface area contributed by atoms with Crippen molar-refractivity contribution in [2.45, 2.75) is 58.3 Å². The predicted molar refractivity (Wildman–Crippen MR) is 173 cm³/mol. The van der Waals surface area contributed by atoms with E-state index in [1.807, 2.05) is 24.6 Å². The van der Waals surface area contributed by atoms with Crippen molar-refractivity contribution in [1.29, 1.82) is 0 Å². The molecule has 2 amide bonds. The third-order valence-corrected chi connectivity index (χ3v) is 7.21. The van der Waals surface area contributed by atoms with E-state index < -0.39 is 39.8 Å². The Balaban J connectivity index is 0.00000151. The summed E-state index contributed by atoms with van der Waals surface area (Å²) in [6.07, 6.45) is 5.89. The minimum absolute atomic E-state index is 0.00576. The van der Waals surface area contributed by atoms with E-state index in [4.69, 9.17) is 35.5 Å². The summed E-state index contributed by atoms with van der Waals surface area (Å²) in [5, 5.41) is 14.7. The van der Waals surface area contributed by atoms with Crippen LogP contribution < -0.4 is 32.3 Å². The first-order chi connectivity index (χ1) is 22.8. The van der Waals surface area contributed by atoms with Gasteiger partial charge in [0.2, 0.25) is 11.9 Å². The van der Waals surface area contributed by atoms with Crippen molar-refractivity contribution in [3.05, 3.63) is 41.8 Å². The molecule has 1 aliphatic rings. The second-order valence-electron chi connectivity index (χ2n) is 9.78. The quantitative estimate of drug-likeness (QED) is 0.0351. The molecule has 0 aliphatic carbocycles. The smallest absolute Gasteiger partial charge is 0.418 e. The molecule has 4 rings (SSSR count). The molecule has 2 unspecified atom stereocenters. The highest BCUT2D eigenvalue weighted by atomic mass is 32.3. The molecule has 0 saturated carbocycles. The summed E-state index contributed by atoms with van der Waals surface area (Å²) in [4.78, 5) is 52.1. The number of carbonyl (C=O) groups is 3. The van der Waals surface area contributed by atoms with Crippen LogP contribution in [0.2, 0.25) is 0 Å². The van der Waals surface area contributed by atoms with E-state index >= 15 is 0 Å². The zero-order chi connectivity index (χ0) is 35.9. The van der Waals surface area contributed by atoms with Crippen LogP contribution in [0.5, 0.6) is 5.75 Å². The lowest BCUT2D eigenvalue weighted by atomic mass is 9.84. The Kier molecular flexibility index (Phi) is 15.5. The molecule has 3 aromatic rings. The molecule has 20 nitrogen and oxygen atoms in total. The van der Waals surface area contributed by atoms with Gasteiger partial charge in [-0.2, -0.15) is 19.0 Å². The summed E-state index contributed by atoms with van der Waals surface area (Å²) < 4.78 is 42.9. The van der Waals surface area contributed by atoms with Crippen LogP contribution in [0.25, 0.3) is 0 Å². The second kappa shape index (κ2) is 18.8. The van der Waals surface area contributed by atoms with Crippen molar-refractivity contribution in [2.75, 3.05) is 30.8 Å². The van der Waals surface area contributed by atoms with Crippen LogP contribution in [0.15, 0.2) is 36.1 Å². The number of imidazole rings is 1. The molecule has 9 N–H and O–H groups in total. The molecule has 2 atom stereocenters. The Hall–Kier alpha value is -4.45. The van der Waals surface area contributed by atoms with Gasteiger partial charge in [0.25, 0.3) is 12.4 Å². The van der Waals surface area contributed by atoms with Crippen LogP contribution in [-0.4, -0.2) is 92.3 Å². The Labute approximate surface area is 280 Å². The van der Waals surface area contributed by atoms with E-state index in [-0.39, 0.29) is 30.5 Å². The number of β-lactam (4-membered cyclic amide) rings is 1. The van der Waals surface area contributed by atoms with E-state index in [1.54, 1.807) is 23.7 Å². The number of nitrogen functional groups attached to an aromatic ring is 1. The normalized spacial score (nSPS) is 15.5. The number of carboxylic acid groups (broad SMARTS) is 1. The van der Waals surface area contributed by atoms with Crippen molar-refractivity contribution in [3.63, 3.8) is 0 Å². The molecule has 1 saturated heterocycles. The summed E-state index contributed by atoms with van der Waals surface area (Å²) in [7, 11) is -4.94. The number of hydrogen-bond acceptors (Lipinski definition) is 16. The Morgan fingerprint density at radius 2 is 1.96 bits per heavy atom. The summed E-state index contributed by atoms with van der Waals surface area (Å²) in [5.74, 6) is 0.101. The highest BCUT2D eigenvalue weighted by molar-refractivity contribution is 7.80. The molecule has 0 spiro atoms. The lowest BCUT2D eigenvalue weighted by molar-refractivity contribution is -0.219. The van der Waals surface area contributed by atoms with Crippen molar-refractivity contribution in [3.8, 4) is 5.75 Å². The number of hydroxylamine groups is 3. The molecule has 0 aromatic carbocycles. The van der Waals surface area contributed by atoms with Gasteiger partial charge < -0.3 is 36.5 Å². The van der Waals surface area contributed by atoms with Gasteiger partial charge in [0.1, 0.15) is 30.8 Å². The van der Waals surface area contributed by atoms with Gasteiger partial charge in [-0.25, -0.2) is 15.0 Å². The minimum atomic E-state index is -4.94. The molecular weight excluding hydrogens is 676 g/mol. The first kappa shape index (κ1) is 39.7. The Morgan fingerprint density at radius 1 is 1.25 bits per heavy atom. The predicted octanol–water partition coefficient (Wildman–Crippen LogP) is 0.618. The Bertz CT molecular complexity index is 1570. The molecule has 4 heterocycles. The number of rotatable bonds is 16. The van der Waals surface area contributed by atoms with E-state index in [0.29, 0.717) is 29.1 Å². The van der Waals surface area contributed by atoms with Crippen molar-refractivity contribution >= 4 is 56.9 Å². The van der Waals surface area contributed by atoms with Gasteiger partial charge in [-0.1, -0.05) is 13.8 Å². The number of hydrogen-bond donors (Lipinski definition) is 7. The molecule has 48 heavy (non-hydrogen) atoms. The SMILES string of the molecule is CC.CC1(C)C(NC(=O)C(NOCCOc2ccc(Nc3nccn3CCCN)nc2)c2csc(N)n2)C(=O)N1OS(=O)(=O)O.O=CO. The van der Waals surface area contributed by atoms with Crippen molar-refractivity contribution in [2.24, 2.45) is 5.73 Å². The van der Waals surface area contributed by atoms with Gasteiger partial charge in [-0.15, -0.1) is 15.6 Å². The Morgan fingerprint density at radius 3 is 2.52 bits per heavy atom. The van der Waals surface area contributed by atoms with Gasteiger partial charge in [-0.05, 0) is 38.9 Å². The molecular formula is C26H40N10O10S2. The van der Waals surface area contributed by atoms with E-state index in [2.05, 4.69) is 35.3 Å². The number of thiazole rings is 1. The molecule has 3 aromatic heterocycles. The van der Waals surface area contributed by atoms with Crippen molar-refractivity contribution < 1.29 is 46.3 Å². The summed E-state index contributed by atoms with van der Waals surface area (Å²) in [6, 6.07) is 1.10. The first-order valence-corrected chi connectivity index (χ1v) is 16.6. The number of nitrogens with zero attached hydrogens (tertiary/aromatic N) is 5. The highest BCUT2D eigenvalue weighted by Gasteiger charge is 2.58. The lowest BCUT2D eigenvalue weighted by Crippen LogP contribution is -2.76. The molecule has 0 radical (unpaired) electrons.